The number of ether oxygens (including phenoxy) is 6. The van der Waals surface area contributed by atoms with Crippen molar-refractivity contribution in [2.45, 2.75) is 109 Å². The van der Waals surface area contributed by atoms with Crippen LogP contribution >= 0.6 is 0 Å². The SMILES string of the molecule is CC(=O)OC1[C@H]2[C@](C)(O)[C@H](OC(C)=O)C=C[C@]2(C)[C@@H](OC(C)=O)[C@H](OC(C)=O)C/C(C)=C\[C@@H]2OC(=O)[C@]3(C)O[C@]123. The molecule has 0 aromatic rings. The smallest absolute Gasteiger partial charge is 0.342 e. The molecule has 2 saturated heterocycles. The van der Waals surface area contributed by atoms with Gasteiger partial charge in [-0.25, -0.2) is 4.79 Å². The van der Waals surface area contributed by atoms with E-state index in [0.29, 0.717) is 5.57 Å². The van der Waals surface area contributed by atoms with E-state index < -0.39 is 88.5 Å². The third kappa shape index (κ3) is 4.50. The summed E-state index contributed by atoms with van der Waals surface area (Å²) in [6.45, 7) is 11.0. The highest BCUT2D eigenvalue weighted by Gasteiger charge is 2.88. The molecule has 2 aliphatic heterocycles. The third-order valence-electron chi connectivity index (χ3n) is 8.46. The number of hydrogen-bond donors (Lipinski definition) is 1. The summed E-state index contributed by atoms with van der Waals surface area (Å²) in [5.74, 6) is -4.71. The lowest BCUT2D eigenvalue weighted by Gasteiger charge is -2.55. The summed E-state index contributed by atoms with van der Waals surface area (Å²) in [6, 6.07) is 0. The van der Waals surface area contributed by atoms with Crippen molar-refractivity contribution in [2.24, 2.45) is 11.3 Å². The number of hydrogen-bond acceptors (Lipinski definition) is 12. The van der Waals surface area contributed by atoms with Gasteiger partial charge in [0.1, 0.15) is 30.0 Å². The van der Waals surface area contributed by atoms with E-state index in [1.54, 1.807) is 26.0 Å². The zero-order valence-corrected chi connectivity index (χ0v) is 23.8. The molecule has 1 N–H and O–H groups in total. The fraction of sp³-hybridized carbons (Fsp3) is 0.679. The Hall–Kier alpha value is -3.25. The first-order valence-electron chi connectivity index (χ1n) is 13.1. The Balaban J connectivity index is 2.06. The van der Waals surface area contributed by atoms with Crippen LogP contribution in [0.4, 0.5) is 0 Å². The van der Waals surface area contributed by atoms with Crippen LogP contribution in [-0.4, -0.2) is 82.3 Å². The van der Waals surface area contributed by atoms with E-state index in [1.165, 1.54) is 47.6 Å². The number of aliphatic hydroxyl groups is 1. The lowest BCUT2D eigenvalue weighted by Crippen LogP contribution is -2.68. The standard InChI is InChI=1S/C28H36O12/c1-13-11-18(35-14(2)29)22(37-16(4)31)25(6)10-9-19(36-15(3)30)26(7,34)21(25)23(38-17(5)32)28-20(12-13)39-24(33)27(28,8)40-28/h9-10,12,18-23,34H,11H2,1-8H3/b13-12-/t18-,19-,20+,21-,22+,23?,25+,26-,27+,28+/m1/s1. The van der Waals surface area contributed by atoms with Gasteiger partial charge in [-0.15, -0.1) is 0 Å². The number of fused-ring (bicyclic) bond motifs is 1. The van der Waals surface area contributed by atoms with Gasteiger partial charge in [-0.3, -0.25) is 19.2 Å². The van der Waals surface area contributed by atoms with Crippen LogP contribution in [-0.2, 0) is 52.4 Å². The van der Waals surface area contributed by atoms with Gasteiger partial charge in [0.2, 0.25) is 0 Å². The molecule has 0 saturated carbocycles. The van der Waals surface area contributed by atoms with Crippen molar-refractivity contribution >= 4 is 29.8 Å². The molecule has 1 unspecified atom stereocenters. The second kappa shape index (κ2) is 9.69. The molecule has 2 aliphatic carbocycles. The van der Waals surface area contributed by atoms with Gasteiger partial charge in [0, 0.05) is 45.4 Å². The Labute approximate surface area is 231 Å². The maximum Gasteiger partial charge on any atom is 0.342 e. The quantitative estimate of drug-likeness (QED) is 0.227. The van der Waals surface area contributed by atoms with Crippen molar-refractivity contribution in [1.29, 1.82) is 0 Å². The van der Waals surface area contributed by atoms with Gasteiger partial charge in [-0.2, -0.15) is 0 Å². The zero-order chi connectivity index (χ0) is 30.0. The summed E-state index contributed by atoms with van der Waals surface area (Å²) in [5, 5.41) is 12.2. The lowest BCUT2D eigenvalue weighted by atomic mass is 9.55. The van der Waals surface area contributed by atoms with E-state index in [-0.39, 0.29) is 6.42 Å². The Morgan fingerprint density at radius 1 is 0.900 bits per heavy atom. The molecule has 0 bridgehead atoms. The number of rotatable bonds is 4. The summed E-state index contributed by atoms with van der Waals surface area (Å²) in [7, 11) is 0. The first-order chi connectivity index (χ1) is 18.4. The second-order valence-corrected chi connectivity index (χ2v) is 11.6. The van der Waals surface area contributed by atoms with Gasteiger partial charge >= 0.3 is 29.8 Å². The van der Waals surface area contributed by atoms with E-state index in [1.807, 2.05) is 0 Å². The van der Waals surface area contributed by atoms with E-state index in [2.05, 4.69) is 0 Å². The van der Waals surface area contributed by atoms with Crippen LogP contribution in [0.15, 0.2) is 23.8 Å². The molecule has 1 spiro atoms. The highest BCUT2D eigenvalue weighted by atomic mass is 16.7. The molecule has 12 heteroatoms. The molecule has 0 aromatic heterocycles. The summed E-state index contributed by atoms with van der Waals surface area (Å²) >= 11 is 0. The monoisotopic (exact) mass is 564 g/mol. The van der Waals surface area contributed by atoms with Gasteiger partial charge in [0.05, 0.1) is 0 Å². The van der Waals surface area contributed by atoms with Crippen LogP contribution in [0.3, 0.4) is 0 Å². The largest absolute Gasteiger partial charge is 0.459 e. The molecule has 0 radical (unpaired) electrons. The average molecular weight is 565 g/mol. The van der Waals surface area contributed by atoms with Crippen molar-refractivity contribution < 1.29 is 57.5 Å². The molecule has 4 aliphatic rings. The summed E-state index contributed by atoms with van der Waals surface area (Å²) in [4.78, 5) is 62.4. The summed E-state index contributed by atoms with van der Waals surface area (Å²) in [6.07, 6.45) is -1.23. The normalized spacial score (nSPS) is 44.8. The van der Waals surface area contributed by atoms with E-state index in [4.69, 9.17) is 28.4 Å². The molecule has 4 rings (SSSR count). The van der Waals surface area contributed by atoms with Crippen LogP contribution in [0.1, 0.15) is 61.8 Å². The maximum atomic E-state index is 13.1. The zero-order valence-electron chi connectivity index (χ0n) is 23.8. The van der Waals surface area contributed by atoms with Crippen molar-refractivity contribution in [1.82, 2.24) is 0 Å². The average Bonchev–Trinajstić information content (AvgIpc) is 3.38. The fourth-order valence-corrected chi connectivity index (χ4v) is 6.88. The minimum atomic E-state index is -2.00. The van der Waals surface area contributed by atoms with Crippen molar-refractivity contribution in [2.75, 3.05) is 0 Å². The van der Waals surface area contributed by atoms with E-state index >= 15 is 0 Å². The number of carbonyl (C=O) groups excluding carboxylic acids is 5. The van der Waals surface area contributed by atoms with Crippen molar-refractivity contribution in [3.63, 3.8) is 0 Å². The molecule has 10 atom stereocenters. The van der Waals surface area contributed by atoms with Gasteiger partial charge in [-0.1, -0.05) is 18.6 Å². The Bertz CT molecular complexity index is 1200. The van der Waals surface area contributed by atoms with E-state index in [0.717, 1.165) is 0 Å². The first-order valence-corrected chi connectivity index (χ1v) is 13.1. The predicted molar refractivity (Wildman–Crippen MR) is 134 cm³/mol. The van der Waals surface area contributed by atoms with Crippen LogP contribution in [0.2, 0.25) is 0 Å². The Morgan fingerprint density at radius 3 is 1.98 bits per heavy atom. The minimum absolute atomic E-state index is 0.0717. The molecule has 12 nitrogen and oxygen atoms in total. The van der Waals surface area contributed by atoms with Crippen molar-refractivity contribution in [3.05, 3.63) is 23.8 Å². The predicted octanol–water partition coefficient (Wildman–Crippen LogP) is 1.46. The molecule has 220 valence electrons. The van der Waals surface area contributed by atoms with Crippen LogP contribution in [0.5, 0.6) is 0 Å². The lowest BCUT2D eigenvalue weighted by molar-refractivity contribution is -0.227. The van der Waals surface area contributed by atoms with Crippen molar-refractivity contribution in [3.8, 4) is 0 Å². The molecular formula is C28H36O12. The molecular weight excluding hydrogens is 528 g/mol. The molecule has 2 fully saturated rings. The van der Waals surface area contributed by atoms with Gasteiger partial charge < -0.3 is 33.5 Å². The summed E-state index contributed by atoms with van der Waals surface area (Å²) in [5.41, 5.74) is -5.93. The topological polar surface area (TPSA) is 164 Å². The van der Waals surface area contributed by atoms with Gasteiger partial charge in [-0.05, 0) is 32.9 Å². The highest BCUT2D eigenvalue weighted by Crippen LogP contribution is 2.65. The third-order valence-corrected chi connectivity index (χ3v) is 8.46. The second-order valence-electron chi connectivity index (χ2n) is 11.6. The summed E-state index contributed by atoms with van der Waals surface area (Å²) < 4.78 is 34.7. The number of epoxide rings is 1. The highest BCUT2D eigenvalue weighted by molar-refractivity contribution is 5.89. The number of esters is 5. The number of carbonyl (C=O) groups is 5. The molecule has 40 heavy (non-hydrogen) atoms. The molecule has 0 aromatic carbocycles. The fourth-order valence-electron chi connectivity index (χ4n) is 6.88. The first kappa shape index (κ1) is 29.7. The molecule has 0 amide bonds. The Kier molecular flexibility index (Phi) is 7.20. The van der Waals surface area contributed by atoms with E-state index in [9.17, 15) is 29.1 Å². The van der Waals surface area contributed by atoms with Crippen LogP contribution < -0.4 is 0 Å². The van der Waals surface area contributed by atoms with Gasteiger partial charge in [0.25, 0.3) is 0 Å². The van der Waals surface area contributed by atoms with Crippen LogP contribution in [0.25, 0.3) is 0 Å². The minimum Gasteiger partial charge on any atom is -0.459 e. The van der Waals surface area contributed by atoms with Crippen LogP contribution in [0, 0.1) is 11.3 Å². The maximum absolute atomic E-state index is 13.1. The van der Waals surface area contributed by atoms with Gasteiger partial charge in [0.15, 0.2) is 17.3 Å². The Morgan fingerprint density at radius 2 is 1.45 bits per heavy atom. The molecule has 2 heterocycles.